The molecule has 0 N–H and O–H groups in total. The molecule has 0 saturated heterocycles. The Kier molecular flexibility index (Phi) is 6.63. The highest BCUT2D eigenvalue weighted by atomic mass is 16.6. The van der Waals surface area contributed by atoms with Crippen molar-refractivity contribution >= 4 is 17.7 Å². The molecule has 5 heteroatoms. The maximum Gasteiger partial charge on any atom is 0.333 e. The first-order valence-corrected chi connectivity index (χ1v) is 5.42. The molecule has 0 aromatic heterocycles. The van der Waals surface area contributed by atoms with Gasteiger partial charge in [-0.1, -0.05) is 13.2 Å². The van der Waals surface area contributed by atoms with Crippen LogP contribution >= 0.6 is 0 Å². The summed E-state index contributed by atoms with van der Waals surface area (Å²) in [5.41, 5.74) is 0.456. The molecule has 0 amide bonds. The van der Waals surface area contributed by atoms with E-state index in [1.165, 1.54) is 20.8 Å². The van der Waals surface area contributed by atoms with Crippen molar-refractivity contribution in [3.8, 4) is 0 Å². The number of carbonyl (C=O) groups excluding carboxylic acids is 3. The zero-order valence-corrected chi connectivity index (χ0v) is 10.9. The summed E-state index contributed by atoms with van der Waals surface area (Å²) in [5.74, 6) is -1.37. The zero-order valence-electron chi connectivity index (χ0n) is 10.9. The molecule has 0 fully saturated rings. The molecule has 0 aliphatic rings. The van der Waals surface area contributed by atoms with Crippen LogP contribution in [0.15, 0.2) is 24.3 Å². The van der Waals surface area contributed by atoms with Crippen molar-refractivity contribution in [1.82, 2.24) is 0 Å². The van der Waals surface area contributed by atoms with E-state index in [0.29, 0.717) is 0 Å². The van der Waals surface area contributed by atoms with Gasteiger partial charge in [-0.05, 0) is 20.8 Å². The number of rotatable bonds is 7. The highest BCUT2D eigenvalue weighted by Crippen LogP contribution is 2.06. The van der Waals surface area contributed by atoms with Gasteiger partial charge in [0.2, 0.25) is 0 Å². The summed E-state index contributed by atoms with van der Waals surface area (Å²) in [6.45, 7) is 11.0. The quantitative estimate of drug-likeness (QED) is 0.509. The first kappa shape index (κ1) is 16.1. The van der Waals surface area contributed by atoms with Crippen molar-refractivity contribution in [2.45, 2.75) is 33.3 Å². The van der Waals surface area contributed by atoms with Gasteiger partial charge in [0.1, 0.15) is 18.5 Å². The first-order valence-electron chi connectivity index (χ1n) is 5.42. The third-order valence-electron chi connectivity index (χ3n) is 1.89. The maximum absolute atomic E-state index is 11.3. The van der Waals surface area contributed by atoms with Crippen molar-refractivity contribution in [1.29, 1.82) is 0 Å². The lowest BCUT2D eigenvalue weighted by Gasteiger charge is -2.16. The molecular weight excluding hydrogens is 236 g/mol. The van der Waals surface area contributed by atoms with Crippen LogP contribution in [0.5, 0.6) is 0 Å². The van der Waals surface area contributed by atoms with Crippen molar-refractivity contribution in [2.75, 3.05) is 6.61 Å². The lowest BCUT2D eigenvalue weighted by Crippen LogP contribution is -2.27. The predicted molar refractivity (Wildman–Crippen MR) is 65.8 cm³/mol. The van der Waals surface area contributed by atoms with Crippen molar-refractivity contribution < 1.29 is 23.9 Å². The van der Waals surface area contributed by atoms with Gasteiger partial charge in [-0.25, -0.2) is 9.59 Å². The van der Waals surface area contributed by atoms with Gasteiger partial charge in [0.25, 0.3) is 0 Å². The van der Waals surface area contributed by atoms with Crippen LogP contribution in [0.4, 0.5) is 0 Å². The largest absolute Gasteiger partial charge is 0.458 e. The molecule has 0 radical (unpaired) electrons. The smallest absolute Gasteiger partial charge is 0.333 e. The summed E-state index contributed by atoms with van der Waals surface area (Å²) in [4.78, 5) is 33.5. The molecule has 0 rings (SSSR count). The Morgan fingerprint density at radius 2 is 1.50 bits per heavy atom. The molecule has 1 atom stereocenters. The molecule has 5 nitrogen and oxygen atoms in total. The van der Waals surface area contributed by atoms with Crippen LogP contribution in [-0.2, 0) is 23.9 Å². The fourth-order valence-electron chi connectivity index (χ4n) is 0.999. The minimum Gasteiger partial charge on any atom is -0.458 e. The lowest BCUT2D eigenvalue weighted by atomic mass is 10.2. The van der Waals surface area contributed by atoms with E-state index in [9.17, 15) is 14.4 Å². The van der Waals surface area contributed by atoms with E-state index in [-0.39, 0.29) is 30.0 Å². The van der Waals surface area contributed by atoms with Gasteiger partial charge < -0.3 is 9.47 Å². The van der Waals surface area contributed by atoms with Gasteiger partial charge in [-0.15, -0.1) is 0 Å². The Bertz CT molecular complexity index is 381. The van der Waals surface area contributed by atoms with Gasteiger partial charge in [-0.3, -0.25) is 4.79 Å². The summed E-state index contributed by atoms with van der Waals surface area (Å²) in [5, 5.41) is 0. The Hall–Kier alpha value is -1.91. The normalized spacial score (nSPS) is 11.3. The van der Waals surface area contributed by atoms with E-state index >= 15 is 0 Å². The minimum absolute atomic E-state index is 0.0114. The summed E-state index contributed by atoms with van der Waals surface area (Å²) in [6, 6.07) is 0. The summed E-state index contributed by atoms with van der Waals surface area (Å²) >= 11 is 0. The number of ether oxygens (including phenoxy) is 2. The Balaban J connectivity index is 4.45. The second-order valence-electron chi connectivity index (χ2n) is 4.09. The average Bonchev–Trinajstić information content (AvgIpc) is 2.24. The monoisotopic (exact) mass is 254 g/mol. The van der Waals surface area contributed by atoms with Gasteiger partial charge in [0.15, 0.2) is 0 Å². The molecule has 100 valence electrons. The molecule has 0 aliphatic heterocycles. The van der Waals surface area contributed by atoms with Gasteiger partial charge in [0, 0.05) is 17.6 Å². The van der Waals surface area contributed by atoms with Crippen LogP contribution in [-0.4, -0.2) is 30.4 Å². The number of hydrogen-bond acceptors (Lipinski definition) is 5. The Morgan fingerprint density at radius 1 is 1.00 bits per heavy atom. The molecule has 0 bridgehead atoms. The van der Waals surface area contributed by atoms with Gasteiger partial charge >= 0.3 is 11.9 Å². The molecule has 0 aromatic rings. The molecule has 0 aliphatic carbocycles. The molecular formula is C13H18O5. The Labute approximate surface area is 106 Å². The Morgan fingerprint density at radius 3 is 1.89 bits per heavy atom. The van der Waals surface area contributed by atoms with Gasteiger partial charge in [0.05, 0.1) is 0 Å². The molecule has 0 spiro atoms. The third kappa shape index (κ3) is 6.62. The van der Waals surface area contributed by atoms with Gasteiger partial charge in [-0.2, -0.15) is 0 Å². The van der Waals surface area contributed by atoms with Crippen LogP contribution < -0.4 is 0 Å². The molecule has 0 saturated carbocycles. The second-order valence-corrected chi connectivity index (χ2v) is 4.09. The van der Waals surface area contributed by atoms with Crippen LogP contribution in [0.25, 0.3) is 0 Å². The summed E-state index contributed by atoms with van der Waals surface area (Å²) in [6.07, 6.45) is -0.808. The van der Waals surface area contributed by atoms with E-state index in [1.807, 2.05) is 0 Å². The average molecular weight is 254 g/mol. The zero-order chi connectivity index (χ0) is 14.3. The fraction of sp³-hybridized carbons (Fsp3) is 0.462. The molecule has 0 aromatic carbocycles. The highest BCUT2D eigenvalue weighted by Gasteiger charge is 2.19. The summed E-state index contributed by atoms with van der Waals surface area (Å²) in [7, 11) is 0. The van der Waals surface area contributed by atoms with E-state index in [4.69, 9.17) is 9.47 Å². The number of Topliss-reactive ketones (excluding diaryl/α,β-unsaturated/α-hetero) is 1. The number of hydrogen-bond donors (Lipinski definition) is 0. The number of carbonyl (C=O) groups is 3. The van der Waals surface area contributed by atoms with Crippen LogP contribution in [0, 0.1) is 0 Å². The number of esters is 2. The standard InChI is InChI=1S/C13H18O5/c1-8(2)12(15)17-7-11(6-10(5)14)18-13(16)9(3)4/h11H,1,3,6-7H2,2,4-5H3. The van der Waals surface area contributed by atoms with Crippen molar-refractivity contribution in [3.63, 3.8) is 0 Å². The molecule has 1 unspecified atom stereocenters. The topological polar surface area (TPSA) is 69.7 Å². The van der Waals surface area contributed by atoms with Crippen LogP contribution in [0.1, 0.15) is 27.2 Å². The van der Waals surface area contributed by atoms with Crippen molar-refractivity contribution in [3.05, 3.63) is 24.3 Å². The summed E-state index contributed by atoms with van der Waals surface area (Å²) < 4.78 is 9.84. The van der Waals surface area contributed by atoms with E-state index < -0.39 is 18.0 Å². The maximum atomic E-state index is 11.3. The second kappa shape index (κ2) is 7.42. The minimum atomic E-state index is -0.796. The predicted octanol–water partition coefficient (Wildman–Crippen LogP) is 1.57. The molecule has 0 heterocycles. The first-order chi connectivity index (χ1) is 8.23. The van der Waals surface area contributed by atoms with E-state index in [1.54, 1.807) is 0 Å². The third-order valence-corrected chi connectivity index (χ3v) is 1.89. The highest BCUT2D eigenvalue weighted by molar-refractivity contribution is 5.88. The van der Waals surface area contributed by atoms with E-state index in [0.717, 1.165) is 0 Å². The van der Waals surface area contributed by atoms with Crippen molar-refractivity contribution in [2.24, 2.45) is 0 Å². The fourth-order valence-corrected chi connectivity index (χ4v) is 0.999. The molecule has 18 heavy (non-hydrogen) atoms. The SMILES string of the molecule is C=C(C)C(=O)OCC(CC(C)=O)OC(=O)C(=C)C. The van der Waals surface area contributed by atoms with Crippen LogP contribution in [0.2, 0.25) is 0 Å². The lowest BCUT2D eigenvalue weighted by molar-refractivity contribution is -0.155. The van der Waals surface area contributed by atoms with E-state index in [2.05, 4.69) is 13.2 Å². The van der Waals surface area contributed by atoms with Crippen LogP contribution in [0.3, 0.4) is 0 Å². The number of ketones is 1.